The van der Waals surface area contributed by atoms with Gasteiger partial charge in [0, 0.05) is 6.42 Å². The van der Waals surface area contributed by atoms with Crippen LogP contribution in [0.2, 0.25) is 0 Å². The summed E-state index contributed by atoms with van der Waals surface area (Å²) in [7, 11) is 0. The lowest BCUT2D eigenvalue weighted by Gasteiger charge is -2.27. The van der Waals surface area contributed by atoms with E-state index < -0.39 is 5.41 Å². The minimum absolute atomic E-state index is 0.202. The first-order chi connectivity index (χ1) is 7.68. The third kappa shape index (κ3) is 1.75. The Morgan fingerprint density at radius 2 is 2.25 bits per heavy atom. The molecule has 1 saturated carbocycles. The lowest BCUT2D eigenvalue weighted by Crippen LogP contribution is -2.34. The molecule has 16 heavy (non-hydrogen) atoms. The van der Waals surface area contributed by atoms with E-state index >= 15 is 0 Å². The number of rotatable bonds is 2. The molecule has 1 aliphatic heterocycles. The van der Waals surface area contributed by atoms with Gasteiger partial charge in [0.2, 0.25) is 6.79 Å². The van der Waals surface area contributed by atoms with Gasteiger partial charge in [-0.15, -0.1) is 0 Å². The van der Waals surface area contributed by atoms with E-state index in [2.05, 4.69) is 0 Å². The van der Waals surface area contributed by atoms with Gasteiger partial charge in [-0.3, -0.25) is 9.59 Å². The average molecular weight is 223 g/mol. The van der Waals surface area contributed by atoms with E-state index in [0.29, 0.717) is 32.1 Å². The molecule has 2 atom stereocenters. The molecule has 0 radical (unpaired) electrons. The second-order valence-electron chi connectivity index (χ2n) is 4.39. The van der Waals surface area contributed by atoms with Crippen LogP contribution in [0.1, 0.15) is 32.1 Å². The van der Waals surface area contributed by atoms with Crippen LogP contribution in [0, 0.1) is 22.7 Å². The zero-order chi connectivity index (χ0) is 11.6. The molecule has 0 aromatic carbocycles. The number of nitriles is 1. The Hall–Kier alpha value is -1.57. The quantitative estimate of drug-likeness (QED) is 0.656. The standard InChI is InChI=1S/C11H13NO4/c12-5-1-3-11-4-2-8(6-11)9(13)15-7-16-10(11)14/h8H,1-4,6-7H2. The first kappa shape index (κ1) is 10.9. The Kier molecular flexibility index (Phi) is 2.82. The molecule has 5 nitrogen and oxygen atoms in total. The van der Waals surface area contributed by atoms with Crippen LogP contribution in [0.15, 0.2) is 0 Å². The Bertz CT molecular complexity index is 359. The molecule has 0 N–H and O–H groups in total. The minimum Gasteiger partial charge on any atom is -0.428 e. The van der Waals surface area contributed by atoms with E-state index in [1.807, 2.05) is 6.07 Å². The number of fused-ring (bicyclic) bond motifs is 2. The number of cyclic esters (lactones) is 2. The Balaban J connectivity index is 2.18. The molecule has 1 saturated heterocycles. The maximum absolute atomic E-state index is 11.8. The number of ether oxygens (including phenoxy) is 2. The summed E-state index contributed by atoms with van der Waals surface area (Å²) in [5.41, 5.74) is -0.625. The maximum atomic E-state index is 11.8. The summed E-state index contributed by atoms with van der Waals surface area (Å²) in [5, 5.41) is 8.59. The largest absolute Gasteiger partial charge is 0.428 e. The van der Waals surface area contributed by atoms with Crippen molar-refractivity contribution in [1.82, 2.24) is 0 Å². The van der Waals surface area contributed by atoms with Gasteiger partial charge in [-0.1, -0.05) is 0 Å². The molecule has 2 rings (SSSR count). The predicted molar refractivity (Wildman–Crippen MR) is 51.7 cm³/mol. The van der Waals surface area contributed by atoms with Crippen molar-refractivity contribution in [3.05, 3.63) is 0 Å². The zero-order valence-corrected chi connectivity index (χ0v) is 8.90. The number of carbonyl (C=O) groups excluding carboxylic acids is 2. The van der Waals surface area contributed by atoms with Gasteiger partial charge in [0.1, 0.15) is 0 Å². The van der Waals surface area contributed by atoms with Crippen LogP contribution in [-0.4, -0.2) is 18.7 Å². The summed E-state index contributed by atoms with van der Waals surface area (Å²) >= 11 is 0. The Morgan fingerprint density at radius 1 is 1.44 bits per heavy atom. The molecular weight excluding hydrogens is 210 g/mol. The number of hydrogen-bond donors (Lipinski definition) is 0. The third-order valence-electron chi connectivity index (χ3n) is 3.48. The summed E-state index contributed by atoms with van der Waals surface area (Å²) in [6.07, 6.45) is 2.53. The highest BCUT2D eigenvalue weighted by Gasteiger charge is 2.49. The topological polar surface area (TPSA) is 76.4 Å². The Labute approximate surface area is 93.3 Å². The molecule has 0 aromatic heterocycles. The van der Waals surface area contributed by atoms with E-state index in [9.17, 15) is 9.59 Å². The van der Waals surface area contributed by atoms with Crippen molar-refractivity contribution in [2.24, 2.45) is 11.3 Å². The van der Waals surface area contributed by atoms with Crippen LogP contribution >= 0.6 is 0 Å². The van der Waals surface area contributed by atoms with Gasteiger partial charge in [-0.2, -0.15) is 5.26 Å². The molecule has 86 valence electrons. The number of esters is 2. The van der Waals surface area contributed by atoms with Crippen LogP contribution in [0.5, 0.6) is 0 Å². The van der Waals surface area contributed by atoms with E-state index in [0.717, 1.165) is 0 Å². The normalized spacial score (nSPS) is 33.3. The maximum Gasteiger partial charge on any atom is 0.315 e. The monoisotopic (exact) mass is 223 g/mol. The van der Waals surface area contributed by atoms with Gasteiger partial charge in [-0.25, -0.2) is 0 Å². The molecule has 2 unspecified atom stereocenters. The second-order valence-corrected chi connectivity index (χ2v) is 4.39. The molecule has 1 heterocycles. The first-order valence-electron chi connectivity index (χ1n) is 5.39. The van der Waals surface area contributed by atoms with Crippen LogP contribution in [0.3, 0.4) is 0 Å². The fraction of sp³-hybridized carbons (Fsp3) is 0.727. The second kappa shape index (κ2) is 4.12. The van der Waals surface area contributed by atoms with Crippen LogP contribution in [0.25, 0.3) is 0 Å². The smallest absolute Gasteiger partial charge is 0.315 e. The summed E-state index contributed by atoms with van der Waals surface area (Å²) in [6, 6.07) is 2.04. The summed E-state index contributed by atoms with van der Waals surface area (Å²) < 4.78 is 9.68. The number of nitrogens with zero attached hydrogens (tertiary/aromatic N) is 1. The third-order valence-corrected chi connectivity index (χ3v) is 3.48. The van der Waals surface area contributed by atoms with Crippen molar-refractivity contribution in [3.8, 4) is 6.07 Å². The van der Waals surface area contributed by atoms with Gasteiger partial charge in [-0.05, 0) is 25.7 Å². The Morgan fingerprint density at radius 3 is 3.00 bits per heavy atom. The lowest BCUT2D eigenvalue weighted by atomic mass is 9.81. The van der Waals surface area contributed by atoms with E-state index in [4.69, 9.17) is 14.7 Å². The molecule has 2 aliphatic rings. The highest BCUT2D eigenvalue weighted by Crippen LogP contribution is 2.47. The molecule has 5 heteroatoms. The SMILES string of the molecule is N#CCCC12CCC(C1)C(=O)OCOC2=O. The molecule has 1 aliphatic carbocycles. The van der Waals surface area contributed by atoms with Crippen molar-refractivity contribution in [2.75, 3.05) is 6.79 Å². The van der Waals surface area contributed by atoms with Crippen molar-refractivity contribution in [3.63, 3.8) is 0 Å². The highest BCUT2D eigenvalue weighted by atomic mass is 16.7. The molecule has 2 bridgehead atoms. The number of hydrogen-bond acceptors (Lipinski definition) is 5. The first-order valence-corrected chi connectivity index (χ1v) is 5.39. The van der Waals surface area contributed by atoms with Crippen molar-refractivity contribution >= 4 is 11.9 Å². The van der Waals surface area contributed by atoms with Gasteiger partial charge in [0.25, 0.3) is 0 Å². The van der Waals surface area contributed by atoms with E-state index in [1.165, 1.54) is 0 Å². The highest BCUT2D eigenvalue weighted by molar-refractivity contribution is 5.81. The van der Waals surface area contributed by atoms with Gasteiger partial charge in [0.05, 0.1) is 17.4 Å². The zero-order valence-electron chi connectivity index (χ0n) is 8.90. The van der Waals surface area contributed by atoms with Crippen LogP contribution in [-0.2, 0) is 19.1 Å². The van der Waals surface area contributed by atoms with E-state index in [1.54, 1.807) is 0 Å². The summed E-state index contributed by atoms with van der Waals surface area (Å²) in [5.74, 6) is -0.810. The van der Waals surface area contributed by atoms with Crippen molar-refractivity contribution in [2.45, 2.75) is 32.1 Å². The minimum atomic E-state index is -0.625. The van der Waals surface area contributed by atoms with Gasteiger partial charge in [0.15, 0.2) is 0 Å². The molecular formula is C11H13NO4. The fourth-order valence-electron chi connectivity index (χ4n) is 2.55. The predicted octanol–water partition coefficient (Wildman–Crippen LogP) is 1.13. The molecule has 0 aromatic rings. The fourth-order valence-corrected chi connectivity index (χ4v) is 2.55. The molecule has 0 amide bonds. The van der Waals surface area contributed by atoms with Crippen molar-refractivity contribution < 1.29 is 19.1 Å². The average Bonchev–Trinajstić information content (AvgIpc) is 2.71. The van der Waals surface area contributed by atoms with E-state index in [-0.39, 0.29) is 24.6 Å². The van der Waals surface area contributed by atoms with Gasteiger partial charge < -0.3 is 9.47 Å². The van der Waals surface area contributed by atoms with Gasteiger partial charge >= 0.3 is 11.9 Å². The van der Waals surface area contributed by atoms with Crippen LogP contribution in [0.4, 0.5) is 0 Å². The van der Waals surface area contributed by atoms with Crippen molar-refractivity contribution in [1.29, 1.82) is 5.26 Å². The molecule has 2 fully saturated rings. The summed E-state index contributed by atoms with van der Waals surface area (Å²) in [6.45, 7) is -0.289. The number of carbonyl (C=O) groups is 2. The molecule has 0 spiro atoms. The lowest BCUT2D eigenvalue weighted by molar-refractivity contribution is -0.181. The summed E-state index contributed by atoms with van der Waals surface area (Å²) in [4.78, 5) is 23.3. The van der Waals surface area contributed by atoms with Crippen LogP contribution < -0.4 is 0 Å².